The van der Waals surface area contributed by atoms with Crippen LogP contribution in [0.25, 0.3) is 0 Å². The van der Waals surface area contributed by atoms with Gasteiger partial charge < -0.3 is 15.8 Å². The molecule has 0 spiro atoms. The molecule has 0 aromatic heterocycles. The molecular weight excluding hydrogens is 276 g/mol. The number of benzene rings is 1. The molecule has 0 saturated carbocycles. The van der Waals surface area contributed by atoms with Gasteiger partial charge in [-0.2, -0.15) is 0 Å². The zero-order valence-electron chi connectivity index (χ0n) is 11.8. The van der Waals surface area contributed by atoms with Crippen molar-refractivity contribution in [3.05, 3.63) is 29.8 Å². The first-order valence-corrected chi connectivity index (χ1v) is 8.08. The predicted octanol–water partition coefficient (Wildman–Crippen LogP) is 1.26. The zero-order valence-corrected chi connectivity index (χ0v) is 12.6. The van der Waals surface area contributed by atoms with E-state index in [4.69, 9.17) is 10.5 Å². The molecule has 0 fully saturated rings. The van der Waals surface area contributed by atoms with Crippen molar-refractivity contribution >= 4 is 22.4 Å². The number of carbonyl (C=O) groups excluding carboxylic acids is 1. The van der Waals surface area contributed by atoms with Crippen molar-refractivity contribution in [1.29, 1.82) is 0 Å². The number of amides is 1. The molecule has 0 radical (unpaired) electrons. The van der Waals surface area contributed by atoms with Gasteiger partial charge in [0.1, 0.15) is 0 Å². The number of anilines is 1. The van der Waals surface area contributed by atoms with E-state index in [0.717, 1.165) is 17.7 Å². The predicted molar refractivity (Wildman–Crippen MR) is 81.9 cm³/mol. The lowest BCUT2D eigenvalue weighted by Crippen LogP contribution is -2.17. The lowest BCUT2D eigenvalue weighted by molar-refractivity contribution is -0.115. The summed E-state index contributed by atoms with van der Waals surface area (Å²) in [5.74, 6) is 0.812. The fourth-order valence-electron chi connectivity index (χ4n) is 1.71. The summed E-state index contributed by atoms with van der Waals surface area (Å²) in [6.07, 6.45) is 0.999. The van der Waals surface area contributed by atoms with Crippen LogP contribution in [0.15, 0.2) is 24.3 Å². The maximum absolute atomic E-state index is 11.8. The molecule has 0 aliphatic rings. The number of para-hydroxylation sites is 1. The van der Waals surface area contributed by atoms with E-state index in [2.05, 4.69) is 5.32 Å². The smallest absolute Gasteiger partial charge is 0.225 e. The van der Waals surface area contributed by atoms with E-state index in [1.165, 1.54) is 0 Å². The fourth-order valence-corrected chi connectivity index (χ4v) is 2.76. The second kappa shape index (κ2) is 9.63. The summed E-state index contributed by atoms with van der Waals surface area (Å²) in [6, 6.07) is 7.41. The Morgan fingerprint density at radius 3 is 2.80 bits per heavy atom. The monoisotopic (exact) mass is 298 g/mol. The van der Waals surface area contributed by atoms with Crippen molar-refractivity contribution < 1.29 is 13.7 Å². The van der Waals surface area contributed by atoms with Crippen LogP contribution >= 0.6 is 0 Å². The Kier molecular flexibility index (Phi) is 8.10. The normalized spacial score (nSPS) is 12.1. The van der Waals surface area contributed by atoms with Crippen molar-refractivity contribution in [2.24, 2.45) is 5.73 Å². The molecule has 112 valence electrons. The third kappa shape index (κ3) is 6.27. The molecule has 1 aromatic rings. The number of nitrogens with two attached hydrogens (primary N) is 1. The first-order valence-electron chi connectivity index (χ1n) is 6.59. The molecule has 5 nitrogen and oxygen atoms in total. The highest BCUT2D eigenvalue weighted by Crippen LogP contribution is 2.14. The Morgan fingerprint density at radius 1 is 1.35 bits per heavy atom. The Hall–Kier alpha value is -1.24. The summed E-state index contributed by atoms with van der Waals surface area (Å²) >= 11 is 0. The number of ether oxygens (including phenoxy) is 1. The van der Waals surface area contributed by atoms with Crippen LogP contribution in [-0.2, 0) is 26.9 Å². The minimum atomic E-state index is -0.973. The van der Waals surface area contributed by atoms with E-state index < -0.39 is 10.8 Å². The van der Waals surface area contributed by atoms with Crippen molar-refractivity contribution in [3.8, 4) is 0 Å². The van der Waals surface area contributed by atoms with Crippen LogP contribution < -0.4 is 11.1 Å². The van der Waals surface area contributed by atoms with E-state index in [0.29, 0.717) is 24.7 Å². The molecule has 0 aliphatic carbocycles. The number of nitrogens with one attached hydrogen (secondary N) is 1. The number of hydrogen-bond acceptors (Lipinski definition) is 4. The van der Waals surface area contributed by atoms with Gasteiger partial charge in [-0.25, -0.2) is 0 Å². The minimum Gasteiger partial charge on any atom is -0.385 e. The zero-order chi connectivity index (χ0) is 14.8. The molecule has 1 rings (SSSR count). The fraction of sp³-hybridized carbons (Fsp3) is 0.500. The van der Waals surface area contributed by atoms with E-state index >= 15 is 0 Å². The van der Waals surface area contributed by atoms with Crippen molar-refractivity contribution in [2.75, 3.05) is 30.5 Å². The second-order valence-corrected chi connectivity index (χ2v) is 6.05. The van der Waals surface area contributed by atoms with Gasteiger partial charge in [0, 0.05) is 54.7 Å². The SMILES string of the molecule is COCCCS(=O)CCC(=O)Nc1ccccc1CN. The highest BCUT2D eigenvalue weighted by Gasteiger charge is 2.08. The molecule has 1 amide bonds. The van der Waals surface area contributed by atoms with E-state index in [9.17, 15) is 9.00 Å². The molecule has 0 saturated heterocycles. The van der Waals surface area contributed by atoms with E-state index in [1.54, 1.807) is 7.11 Å². The lowest BCUT2D eigenvalue weighted by atomic mass is 10.2. The third-order valence-electron chi connectivity index (χ3n) is 2.79. The Labute approximate surface area is 122 Å². The van der Waals surface area contributed by atoms with Gasteiger partial charge in [-0.1, -0.05) is 18.2 Å². The maximum Gasteiger partial charge on any atom is 0.225 e. The first kappa shape index (κ1) is 16.8. The molecule has 0 heterocycles. The molecule has 0 aliphatic heterocycles. The highest BCUT2D eigenvalue weighted by atomic mass is 32.2. The molecule has 0 bridgehead atoms. The molecule has 1 aromatic carbocycles. The van der Waals surface area contributed by atoms with E-state index in [-0.39, 0.29) is 12.3 Å². The quantitative estimate of drug-likeness (QED) is 0.673. The summed E-state index contributed by atoms with van der Waals surface area (Å²) in [7, 11) is 0.644. The van der Waals surface area contributed by atoms with Crippen molar-refractivity contribution in [2.45, 2.75) is 19.4 Å². The van der Waals surface area contributed by atoms with Gasteiger partial charge in [-0.05, 0) is 18.1 Å². The third-order valence-corrected chi connectivity index (χ3v) is 4.19. The number of hydrogen-bond donors (Lipinski definition) is 2. The summed E-state index contributed by atoms with van der Waals surface area (Å²) in [5.41, 5.74) is 7.22. The van der Waals surface area contributed by atoms with Gasteiger partial charge in [-0.15, -0.1) is 0 Å². The summed E-state index contributed by atoms with van der Waals surface area (Å²) in [5, 5.41) is 2.81. The van der Waals surface area contributed by atoms with Crippen LogP contribution in [0, 0.1) is 0 Å². The van der Waals surface area contributed by atoms with Gasteiger partial charge in [0.2, 0.25) is 5.91 Å². The summed E-state index contributed by atoms with van der Waals surface area (Å²) in [6.45, 7) is 0.973. The average Bonchev–Trinajstić information content (AvgIpc) is 2.46. The summed E-state index contributed by atoms with van der Waals surface area (Å²) < 4.78 is 16.6. The number of methoxy groups -OCH3 is 1. The lowest BCUT2D eigenvalue weighted by Gasteiger charge is -2.09. The molecule has 1 atom stereocenters. The molecule has 20 heavy (non-hydrogen) atoms. The number of carbonyl (C=O) groups is 1. The largest absolute Gasteiger partial charge is 0.385 e. The standard InChI is InChI=1S/C14H22N2O3S/c1-19-8-4-9-20(18)10-7-14(17)16-13-6-3-2-5-12(13)11-15/h2-3,5-6H,4,7-11,15H2,1H3,(H,16,17). The van der Waals surface area contributed by atoms with Gasteiger partial charge in [0.25, 0.3) is 0 Å². The van der Waals surface area contributed by atoms with Crippen molar-refractivity contribution in [1.82, 2.24) is 0 Å². The van der Waals surface area contributed by atoms with Gasteiger partial charge in [-0.3, -0.25) is 9.00 Å². The minimum absolute atomic E-state index is 0.133. The highest BCUT2D eigenvalue weighted by molar-refractivity contribution is 7.84. The van der Waals surface area contributed by atoms with Gasteiger partial charge >= 0.3 is 0 Å². The van der Waals surface area contributed by atoms with Crippen LogP contribution in [0.1, 0.15) is 18.4 Å². The van der Waals surface area contributed by atoms with Crippen LogP contribution in [0.4, 0.5) is 5.69 Å². The first-order chi connectivity index (χ1) is 9.67. The second-order valence-electron chi connectivity index (χ2n) is 4.35. The van der Waals surface area contributed by atoms with Crippen molar-refractivity contribution in [3.63, 3.8) is 0 Å². The Morgan fingerprint density at radius 2 is 2.10 bits per heavy atom. The van der Waals surface area contributed by atoms with Crippen LogP contribution in [-0.4, -0.2) is 35.3 Å². The van der Waals surface area contributed by atoms with Gasteiger partial charge in [0.05, 0.1) is 0 Å². The maximum atomic E-state index is 11.8. The van der Waals surface area contributed by atoms with E-state index in [1.807, 2.05) is 24.3 Å². The number of rotatable bonds is 9. The molecule has 1 unspecified atom stereocenters. The Balaban J connectivity index is 2.35. The van der Waals surface area contributed by atoms with Crippen LogP contribution in [0.5, 0.6) is 0 Å². The van der Waals surface area contributed by atoms with Crippen LogP contribution in [0.2, 0.25) is 0 Å². The molecule has 6 heteroatoms. The van der Waals surface area contributed by atoms with Crippen LogP contribution in [0.3, 0.4) is 0 Å². The topological polar surface area (TPSA) is 81.4 Å². The molecule has 3 N–H and O–H groups in total. The molecular formula is C14H22N2O3S. The van der Waals surface area contributed by atoms with Gasteiger partial charge in [0.15, 0.2) is 0 Å². The average molecular weight is 298 g/mol. The Bertz CT molecular complexity index is 452. The summed E-state index contributed by atoms with van der Waals surface area (Å²) in [4.78, 5) is 11.8.